The summed E-state index contributed by atoms with van der Waals surface area (Å²) >= 11 is 1.48. The van der Waals surface area contributed by atoms with E-state index in [9.17, 15) is 9.18 Å². The fraction of sp³-hybridized carbons (Fsp3) is 0.211. The third-order valence-corrected chi connectivity index (χ3v) is 5.44. The zero-order chi connectivity index (χ0) is 19.7. The average molecular weight is 398 g/mol. The van der Waals surface area contributed by atoms with Crippen LogP contribution < -0.4 is 5.32 Å². The molecule has 0 radical (unpaired) electrons. The summed E-state index contributed by atoms with van der Waals surface area (Å²) in [5.41, 5.74) is 1.90. The molecule has 9 heteroatoms. The van der Waals surface area contributed by atoms with Gasteiger partial charge in [0.15, 0.2) is 5.65 Å². The van der Waals surface area contributed by atoms with Crippen LogP contribution in [0.4, 0.5) is 4.39 Å². The lowest BCUT2D eigenvalue weighted by Gasteiger charge is -2.03. The van der Waals surface area contributed by atoms with Gasteiger partial charge >= 0.3 is 0 Å². The summed E-state index contributed by atoms with van der Waals surface area (Å²) in [6, 6.07) is 9.77. The van der Waals surface area contributed by atoms with Gasteiger partial charge in [0.05, 0.1) is 4.70 Å². The van der Waals surface area contributed by atoms with Gasteiger partial charge in [-0.25, -0.2) is 19.6 Å². The van der Waals surface area contributed by atoms with Crippen molar-refractivity contribution in [1.82, 2.24) is 30.3 Å². The van der Waals surface area contributed by atoms with Crippen LogP contribution in [0.2, 0.25) is 0 Å². The Balaban J connectivity index is 2.00. The number of carbonyl (C=O) groups is 1. The van der Waals surface area contributed by atoms with E-state index in [4.69, 9.17) is 4.98 Å². The van der Waals surface area contributed by atoms with Crippen molar-refractivity contribution in [2.45, 2.75) is 13.3 Å². The molecule has 0 atom stereocenters. The van der Waals surface area contributed by atoms with Gasteiger partial charge in [-0.2, -0.15) is 0 Å². The maximum Gasteiger partial charge on any atom is 0.269 e. The molecule has 0 saturated heterocycles. The number of benzene rings is 1. The van der Waals surface area contributed by atoms with Crippen LogP contribution in [0.25, 0.3) is 21.6 Å². The SMILES string of the molecule is CCCNC(=O)c1ccc2sc3n(C)[nH][nH]c=3c(-c3cccc(F)c3)nc2n1. The second-order valence-electron chi connectivity index (χ2n) is 6.32. The summed E-state index contributed by atoms with van der Waals surface area (Å²) in [6.07, 6.45) is 0.843. The highest BCUT2D eigenvalue weighted by atomic mass is 32.1. The Bertz CT molecular complexity index is 1270. The normalized spacial score (nSPS) is 11.1. The maximum atomic E-state index is 13.8. The lowest BCUT2D eigenvalue weighted by atomic mass is 10.1. The molecule has 7 nitrogen and oxygen atoms in total. The number of carbonyl (C=O) groups excluding carboxylic acids is 1. The number of hydrogen-bond donors (Lipinski definition) is 3. The van der Waals surface area contributed by atoms with E-state index in [1.165, 1.54) is 23.5 Å². The molecule has 28 heavy (non-hydrogen) atoms. The minimum absolute atomic E-state index is 0.237. The highest BCUT2D eigenvalue weighted by molar-refractivity contribution is 7.16. The van der Waals surface area contributed by atoms with Crippen molar-refractivity contribution >= 4 is 27.6 Å². The second-order valence-corrected chi connectivity index (χ2v) is 7.35. The van der Waals surface area contributed by atoms with Crippen LogP contribution in [-0.2, 0) is 7.05 Å². The number of aryl methyl sites for hydroxylation is 1. The van der Waals surface area contributed by atoms with Gasteiger partial charge < -0.3 is 5.32 Å². The molecule has 0 bridgehead atoms. The number of halogens is 1. The first kappa shape index (κ1) is 18.2. The fourth-order valence-electron chi connectivity index (χ4n) is 2.85. The van der Waals surface area contributed by atoms with Crippen LogP contribution in [0, 0.1) is 15.8 Å². The van der Waals surface area contributed by atoms with E-state index in [0.29, 0.717) is 29.1 Å². The van der Waals surface area contributed by atoms with Gasteiger partial charge in [-0.05, 0) is 30.7 Å². The number of nitrogens with zero attached hydrogens (tertiary/aromatic N) is 3. The lowest BCUT2D eigenvalue weighted by Crippen LogP contribution is -2.24. The zero-order valence-electron chi connectivity index (χ0n) is 15.4. The van der Waals surface area contributed by atoms with Gasteiger partial charge in [-0.15, -0.1) is 11.3 Å². The molecule has 1 amide bonds. The molecule has 1 aromatic carbocycles. The van der Waals surface area contributed by atoms with Crippen LogP contribution in [0.1, 0.15) is 23.8 Å². The van der Waals surface area contributed by atoms with Gasteiger partial charge in [-0.3, -0.25) is 14.6 Å². The Morgan fingerprint density at radius 1 is 1.29 bits per heavy atom. The third kappa shape index (κ3) is 3.36. The molecule has 0 unspecified atom stereocenters. The smallest absolute Gasteiger partial charge is 0.269 e. The summed E-state index contributed by atoms with van der Waals surface area (Å²) < 4.78 is 17.4. The number of amides is 1. The van der Waals surface area contributed by atoms with Crippen molar-refractivity contribution in [1.29, 1.82) is 0 Å². The Kier molecular flexibility index (Phi) is 4.82. The highest BCUT2D eigenvalue weighted by Crippen LogP contribution is 2.24. The van der Waals surface area contributed by atoms with E-state index >= 15 is 0 Å². The zero-order valence-corrected chi connectivity index (χ0v) is 16.2. The van der Waals surface area contributed by atoms with Crippen molar-refractivity contribution in [2.24, 2.45) is 7.05 Å². The van der Waals surface area contributed by atoms with E-state index in [0.717, 1.165) is 21.1 Å². The number of pyridine rings is 1. The summed E-state index contributed by atoms with van der Waals surface area (Å²) in [5, 5.41) is 9.66. The Hall–Kier alpha value is -3.20. The van der Waals surface area contributed by atoms with Crippen molar-refractivity contribution in [3.8, 4) is 11.3 Å². The van der Waals surface area contributed by atoms with Crippen LogP contribution >= 0.6 is 11.3 Å². The Morgan fingerprint density at radius 2 is 2.14 bits per heavy atom. The summed E-state index contributed by atoms with van der Waals surface area (Å²) in [5.74, 6) is -0.585. The van der Waals surface area contributed by atoms with Crippen LogP contribution in [0.3, 0.4) is 0 Å². The molecule has 3 N–H and O–H groups in total. The number of rotatable bonds is 4. The number of hydrogen-bond acceptors (Lipinski definition) is 4. The van der Waals surface area contributed by atoms with Gasteiger partial charge in [0.1, 0.15) is 27.2 Å². The van der Waals surface area contributed by atoms with Crippen molar-refractivity contribution in [3.05, 3.63) is 57.9 Å². The Labute approximate surface area is 163 Å². The predicted molar refractivity (Wildman–Crippen MR) is 106 cm³/mol. The summed E-state index contributed by atoms with van der Waals surface area (Å²) in [7, 11) is 1.87. The first-order valence-electron chi connectivity index (χ1n) is 8.88. The van der Waals surface area contributed by atoms with Gasteiger partial charge in [-0.1, -0.05) is 19.1 Å². The molecule has 1 aromatic heterocycles. The maximum absolute atomic E-state index is 13.8. The molecule has 0 spiro atoms. The quantitative estimate of drug-likeness (QED) is 0.491. The molecular weight excluding hydrogens is 379 g/mol. The molecular formula is C19H19FN6OS. The first-order chi connectivity index (χ1) is 13.6. The molecule has 3 heterocycles. The van der Waals surface area contributed by atoms with Gasteiger partial charge in [0, 0.05) is 19.2 Å². The average Bonchev–Trinajstić information content (AvgIpc) is 2.96. The molecule has 2 aliphatic heterocycles. The predicted octanol–water partition coefficient (Wildman–Crippen LogP) is 3.48. The summed E-state index contributed by atoms with van der Waals surface area (Å²) in [6.45, 7) is 2.57. The molecule has 2 aromatic rings. The van der Waals surface area contributed by atoms with E-state index in [1.807, 2.05) is 24.7 Å². The third-order valence-electron chi connectivity index (χ3n) is 4.23. The standard InChI is InChI=1S/C19H19FN6OS/c1-3-9-21-18(27)13-7-8-14-17(22-13)23-15(11-5-4-6-12(20)10-11)16-19(28-14)26(2)25-24-16/h4-8,10,24-25H,3,9H2,1-2H3,(H,21,27). The molecule has 0 fully saturated rings. The van der Waals surface area contributed by atoms with Crippen molar-refractivity contribution < 1.29 is 9.18 Å². The van der Waals surface area contributed by atoms with E-state index < -0.39 is 0 Å². The monoisotopic (exact) mass is 398 g/mol. The molecule has 2 aliphatic rings. The molecule has 4 rings (SSSR count). The second kappa shape index (κ2) is 7.43. The van der Waals surface area contributed by atoms with Gasteiger partial charge in [0.25, 0.3) is 5.91 Å². The number of aromatic amines is 2. The highest BCUT2D eigenvalue weighted by Gasteiger charge is 2.12. The number of nitrogens with one attached hydrogen (secondary N) is 3. The van der Waals surface area contributed by atoms with Crippen molar-refractivity contribution in [2.75, 3.05) is 6.54 Å². The minimum Gasteiger partial charge on any atom is -0.351 e. The number of aromatic nitrogens is 5. The van der Waals surface area contributed by atoms with Crippen LogP contribution in [0.15, 0.2) is 36.4 Å². The van der Waals surface area contributed by atoms with E-state index in [-0.39, 0.29) is 11.7 Å². The number of H-pyrrole nitrogens is 2. The molecule has 0 saturated carbocycles. The van der Waals surface area contributed by atoms with Crippen LogP contribution in [-0.4, -0.2) is 37.4 Å². The topological polar surface area (TPSA) is 91.4 Å². The first-order valence-corrected chi connectivity index (χ1v) is 9.70. The van der Waals surface area contributed by atoms with E-state index in [1.54, 1.807) is 18.2 Å². The summed E-state index contributed by atoms with van der Waals surface area (Å²) in [4.78, 5) is 21.5. The minimum atomic E-state index is -0.348. The molecule has 0 aliphatic carbocycles. The van der Waals surface area contributed by atoms with Crippen molar-refractivity contribution in [3.63, 3.8) is 0 Å². The van der Waals surface area contributed by atoms with Crippen LogP contribution in [0.5, 0.6) is 0 Å². The number of fused-ring (bicyclic) bond motifs is 1. The molecule has 144 valence electrons. The Morgan fingerprint density at radius 3 is 2.93 bits per heavy atom. The lowest BCUT2D eigenvalue weighted by molar-refractivity contribution is 0.0949. The van der Waals surface area contributed by atoms with Gasteiger partial charge in [0.2, 0.25) is 0 Å². The largest absolute Gasteiger partial charge is 0.351 e. The fourth-order valence-corrected chi connectivity index (χ4v) is 3.81. The van der Waals surface area contributed by atoms with E-state index in [2.05, 4.69) is 20.6 Å².